The molecule has 0 fully saturated rings. The molecule has 0 bridgehead atoms. The Morgan fingerprint density at radius 3 is 2.42 bits per heavy atom. The second-order valence-electron chi connectivity index (χ2n) is 3.28. The van der Waals surface area contributed by atoms with Gasteiger partial charge in [0, 0.05) is 6.54 Å². The number of allylic oxidation sites excluding steroid dienone is 3. The Bertz CT molecular complexity index is 165. The van der Waals surface area contributed by atoms with E-state index in [-0.39, 0.29) is 0 Å². The minimum absolute atomic E-state index is 0.765. The zero-order chi connectivity index (χ0) is 9.40. The lowest BCUT2D eigenvalue weighted by atomic mass is 10.1. The van der Waals surface area contributed by atoms with Crippen LogP contribution in [0.1, 0.15) is 33.6 Å². The van der Waals surface area contributed by atoms with Crippen LogP contribution in [0, 0.1) is 0 Å². The summed E-state index contributed by atoms with van der Waals surface area (Å²) < 4.78 is 0. The molecule has 2 heteroatoms. The average Bonchev–Trinajstić information content (AvgIpc) is 2.00. The zero-order valence-electron chi connectivity index (χ0n) is 8.35. The summed E-state index contributed by atoms with van der Waals surface area (Å²) in [6, 6.07) is 0. The summed E-state index contributed by atoms with van der Waals surface area (Å²) >= 11 is 0. The minimum Gasteiger partial charge on any atom is -0.271 e. The largest absolute Gasteiger partial charge is 0.271 e. The van der Waals surface area contributed by atoms with Crippen LogP contribution >= 0.6 is 0 Å². The lowest BCUT2D eigenvalue weighted by Gasteiger charge is -1.98. The predicted molar refractivity (Wildman–Crippen MR) is 54.6 cm³/mol. The normalized spacial score (nSPS) is 11.5. The van der Waals surface area contributed by atoms with Crippen LogP contribution in [0.25, 0.3) is 0 Å². The maximum absolute atomic E-state index is 5.15. The van der Waals surface area contributed by atoms with E-state index in [4.69, 9.17) is 5.84 Å². The first-order valence-corrected chi connectivity index (χ1v) is 4.39. The van der Waals surface area contributed by atoms with Crippen molar-refractivity contribution in [1.82, 2.24) is 5.43 Å². The highest BCUT2D eigenvalue weighted by Gasteiger charge is 1.87. The van der Waals surface area contributed by atoms with E-state index in [2.05, 4.69) is 38.3 Å². The van der Waals surface area contributed by atoms with Crippen molar-refractivity contribution in [3.05, 3.63) is 23.3 Å². The van der Waals surface area contributed by atoms with Gasteiger partial charge in [-0.05, 0) is 33.6 Å². The Balaban J connectivity index is 3.56. The molecule has 0 aliphatic rings. The molecule has 3 N–H and O–H groups in total. The smallest absolute Gasteiger partial charge is 0.0281 e. The Hall–Kier alpha value is -0.600. The van der Waals surface area contributed by atoms with Gasteiger partial charge in [0.05, 0.1) is 0 Å². The summed E-state index contributed by atoms with van der Waals surface area (Å²) in [7, 11) is 0. The molecule has 0 saturated carbocycles. The molecule has 0 atom stereocenters. The van der Waals surface area contributed by atoms with Crippen LogP contribution in [-0.4, -0.2) is 6.54 Å². The summed E-state index contributed by atoms with van der Waals surface area (Å²) in [5.74, 6) is 5.15. The molecule has 12 heavy (non-hydrogen) atoms. The standard InChI is InChI=1S/C10H20N2/c1-9(2)5-4-6-10(3)7-8-12-11/h5,7,12H,4,6,8,11H2,1-3H3/b10-7-. The monoisotopic (exact) mass is 168 g/mol. The topological polar surface area (TPSA) is 38.0 Å². The molecular weight excluding hydrogens is 148 g/mol. The van der Waals surface area contributed by atoms with Crippen molar-refractivity contribution < 1.29 is 0 Å². The van der Waals surface area contributed by atoms with Crippen LogP contribution in [0.4, 0.5) is 0 Å². The molecule has 0 aromatic rings. The van der Waals surface area contributed by atoms with Gasteiger partial charge < -0.3 is 0 Å². The summed E-state index contributed by atoms with van der Waals surface area (Å²) in [6.07, 6.45) is 6.65. The molecule has 0 amide bonds. The Labute approximate surface area is 75.5 Å². The van der Waals surface area contributed by atoms with Crippen LogP contribution in [0.2, 0.25) is 0 Å². The fourth-order valence-electron chi connectivity index (χ4n) is 0.924. The van der Waals surface area contributed by atoms with Crippen molar-refractivity contribution in [2.45, 2.75) is 33.6 Å². The third-order valence-electron chi connectivity index (χ3n) is 1.66. The van der Waals surface area contributed by atoms with Gasteiger partial charge in [-0.2, -0.15) is 0 Å². The van der Waals surface area contributed by atoms with E-state index in [0.717, 1.165) is 19.4 Å². The first-order valence-electron chi connectivity index (χ1n) is 4.39. The number of hydrogen-bond donors (Lipinski definition) is 2. The Morgan fingerprint density at radius 2 is 1.92 bits per heavy atom. The third kappa shape index (κ3) is 7.51. The van der Waals surface area contributed by atoms with Crippen molar-refractivity contribution in [2.24, 2.45) is 5.84 Å². The van der Waals surface area contributed by atoms with Crippen LogP contribution in [0.5, 0.6) is 0 Å². The van der Waals surface area contributed by atoms with E-state index in [1.54, 1.807) is 0 Å². The van der Waals surface area contributed by atoms with Gasteiger partial charge in [0.25, 0.3) is 0 Å². The van der Waals surface area contributed by atoms with Gasteiger partial charge in [0.2, 0.25) is 0 Å². The average molecular weight is 168 g/mol. The molecule has 0 aromatic carbocycles. The minimum atomic E-state index is 0.765. The number of hydrogen-bond acceptors (Lipinski definition) is 2. The molecule has 0 saturated heterocycles. The van der Waals surface area contributed by atoms with E-state index >= 15 is 0 Å². The molecule has 0 spiro atoms. The molecule has 0 aliphatic heterocycles. The number of nitrogens with two attached hydrogens (primary N) is 1. The van der Waals surface area contributed by atoms with Gasteiger partial charge in [-0.25, -0.2) is 0 Å². The second-order valence-corrected chi connectivity index (χ2v) is 3.28. The van der Waals surface area contributed by atoms with Crippen LogP contribution in [0.3, 0.4) is 0 Å². The van der Waals surface area contributed by atoms with Crippen LogP contribution in [0.15, 0.2) is 23.3 Å². The zero-order valence-corrected chi connectivity index (χ0v) is 8.35. The van der Waals surface area contributed by atoms with Crippen LogP contribution in [-0.2, 0) is 0 Å². The molecule has 0 rings (SSSR count). The molecule has 0 radical (unpaired) electrons. The SMILES string of the molecule is CC(C)=CCC/C(C)=C\CNN. The van der Waals surface area contributed by atoms with Crippen molar-refractivity contribution >= 4 is 0 Å². The maximum atomic E-state index is 5.15. The summed E-state index contributed by atoms with van der Waals surface area (Å²) in [5, 5.41) is 0. The quantitative estimate of drug-likeness (QED) is 0.375. The van der Waals surface area contributed by atoms with Gasteiger partial charge in [0.1, 0.15) is 0 Å². The van der Waals surface area contributed by atoms with E-state index < -0.39 is 0 Å². The van der Waals surface area contributed by atoms with Crippen molar-refractivity contribution in [2.75, 3.05) is 6.54 Å². The Kier molecular flexibility index (Phi) is 6.72. The number of rotatable bonds is 5. The summed E-state index contributed by atoms with van der Waals surface area (Å²) in [4.78, 5) is 0. The van der Waals surface area contributed by atoms with Gasteiger partial charge in [0.15, 0.2) is 0 Å². The molecule has 0 unspecified atom stereocenters. The molecule has 70 valence electrons. The van der Waals surface area contributed by atoms with Gasteiger partial charge in [-0.1, -0.05) is 23.3 Å². The van der Waals surface area contributed by atoms with Gasteiger partial charge >= 0.3 is 0 Å². The van der Waals surface area contributed by atoms with Gasteiger partial charge in [-0.3, -0.25) is 11.3 Å². The van der Waals surface area contributed by atoms with E-state index in [9.17, 15) is 0 Å². The fraction of sp³-hybridized carbons (Fsp3) is 0.600. The number of nitrogens with one attached hydrogen (secondary N) is 1. The molecule has 0 aliphatic carbocycles. The van der Waals surface area contributed by atoms with Crippen molar-refractivity contribution in [3.8, 4) is 0 Å². The molecule has 0 heterocycles. The highest BCUT2D eigenvalue weighted by atomic mass is 15.2. The van der Waals surface area contributed by atoms with Crippen LogP contribution < -0.4 is 11.3 Å². The van der Waals surface area contributed by atoms with E-state index in [1.165, 1.54) is 11.1 Å². The highest BCUT2D eigenvalue weighted by molar-refractivity contribution is 5.02. The fourth-order valence-corrected chi connectivity index (χ4v) is 0.924. The third-order valence-corrected chi connectivity index (χ3v) is 1.66. The summed E-state index contributed by atoms with van der Waals surface area (Å²) in [6.45, 7) is 7.15. The lowest BCUT2D eigenvalue weighted by molar-refractivity contribution is 0.812. The van der Waals surface area contributed by atoms with Crippen molar-refractivity contribution in [1.29, 1.82) is 0 Å². The number of hydrazine groups is 1. The summed E-state index contributed by atoms with van der Waals surface area (Å²) in [5.41, 5.74) is 5.39. The van der Waals surface area contributed by atoms with E-state index in [1.807, 2.05) is 0 Å². The maximum Gasteiger partial charge on any atom is 0.0281 e. The van der Waals surface area contributed by atoms with Gasteiger partial charge in [-0.15, -0.1) is 0 Å². The highest BCUT2D eigenvalue weighted by Crippen LogP contribution is 2.05. The lowest BCUT2D eigenvalue weighted by Crippen LogP contribution is -2.21. The molecule has 2 nitrogen and oxygen atoms in total. The Morgan fingerprint density at radius 1 is 1.25 bits per heavy atom. The first-order chi connectivity index (χ1) is 5.66. The molecular formula is C10H20N2. The van der Waals surface area contributed by atoms with Crippen molar-refractivity contribution in [3.63, 3.8) is 0 Å². The second kappa shape index (κ2) is 7.07. The van der Waals surface area contributed by atoms with E-state index in [0.29, 0.717) is 0 Å². The molecule has 0 aromatic heterocycles. The first kappa shape index (κ1) is 11.4. The predicted octanol–water partition coefficient (Wildman–Crippen LogP) is 2.14.